The van der Waals surface area contributed by atoms with Crippen LogP contribution in [0.2, 0.25) is 0 Å². The van der Waals surface area contributed by atoms with Gasteiger partial charge in [-0.2, -0.15) is 0 Å². The molecule has 0 saturated carbocycles. The second kappa shape index (κ2) is 13.2. The third-order valence-electron chi connectivity index (χ3n) is 7.71. The monoisotopic (exact) mass is 580 g/mol. The molecule has 6 heteroatoms. The van der Waals surface area contributed by atoms with E-state index < -0.39 is 0 Å². The molecular formula is C32H40N2S4. The van der Waals surface area contributed by atoms with Crippen LogP contribution in [0.1, 0.15) is 88.8 Å². The average Bonchev–Trinajstić information content (AvgIpc) is 3.72. The van der Waals surface area contributed by atoms with Crippen molar-refractivity contribution in [2.45, 2.75) is 91.9 Å². The van der Waals surface area contributed by atoms with Crippen LogP contribution in [0, 0.1) is 11.8 Å². The van der Waals surface area contributed by atoms with Gasteiger partial charge in [-0.25, -0.2) is 9.97 Å². The van der Waals surface area contributed by atoms with Gasteiger partial charge in [-0.1, -0.05) is 79.1 Å². The number of benzene rings is 1. The SMILES string of the molecule is CCCCC(CC)Cc1ccc(-c2nc3cc4sc(-c5ccc(CC(CC)CCCC)s5)nc4cc3s2)s1. The highest BCUT2D eigenvalue weighted by Crippen LogP contribution is 2.40. The van der Waals surface area contributed by atoms with Crippen molar-refractivity contribution < 1.29 is 0 Å². The van der Waals surface area contributed by atoms with Crippen LogP contribution in [0.15, 0.2) is 36.4 Å². The molecule has 0 fully saturated rings. The Morgan fingerprint density at radius 1 is 0.605 bits per heavy atom. The standard InChI is InChI=1S/C32H40N2S4/c1-5-9-11-21(7-3)17-23-13-15-27(35-23)31-33-25-19-30-26(20-29(25)37-31)34-32(38-30)28-16-14-24(36-28)18-22(8-4)12-10-6-2/h13-16,19-22H,5-12,17-18H2,1-4H3. The predicted octanol–water partition coefficient (Wildman–Crippen LogP) is 11.9. The third kappa shape index (κ3) is 6.57. The van der Waals surface area contributed by atoms with Crippen LogP contribution in [0.5, 0.6) is 0 Å². The van der Waals surface area contributed by atoms with Gasteiger partial charge in [0.05, 0.1) is 30.2 Å². The van der Waals surface area contributed by atoms with Gasteiger partial charge in [-0.15, -0.1) is 45.3 Å². The van der Waals surface area contributed by atoms with Gasteiger partial charge in [0.15, 0.2) is 0 Å². The van der Waals surface area contributed by atoms with Crippen molar-refractivity contribution in [1.82, 2.24) is 9.97 Å². The summed E-state index contributed by atoms with van der Waals surface area (Å²) in [6.07, 6.45) is 12.9. The number of hydrogen-bond acceptors (Lipinski definition) is 6. The summed E-state index contributed by atoms with van der Waals surface area (Å²) in [6, 6.07) is 13.7. The van der Waals surface area contributed by atoms with Gasteiger partial charge in [0.2, 0.25) is 0 Å². The molecule has 0 radical (unpaired) electrons. The van der Waals surface area contributed by atoms with Crippen molar-refractivity contribution in [1.29, 1.82) is 0 Å². The Hall–Kier alpha value is -1.60. The van der Waals surface area contributed by atoms with Crippen LogP contribution in [0.4, 0.5) is 0 Å². The predicted molar refractivity (Wildman–Crippen MR) is 173 cm³/mol. The number of hydrogen-bond donors (Lipinski definition) is 0. The molecule has 202 valence electrons. The zero-order chi connectivity index (χ0) is 26.5. The Balaban J connectivity index is 1.32. The van der Waals surface area contributed by atoms with Crippen molar-refractivity contribution in [2.75, 3.05) is 0 Å². The lowest BCUT2D eigenvalue weighted by molar-refractivity contribution is 0.452. The van der Waals surface area contributed by atoms with Crippen LogP contribution >= 0.6 is 45.3 Å². The van der Waals surface area contributed by atoms with Crippen molar-refractivity contribution in [3.8, 4) is 19.8 Å². The zero-order valence-corrected chi connectivity index (χ0v) is 26.5. The van der Waals surface area contributed by atoms with Crippen LogP contribution in [0.25, 0.3) is 40.2 Å². The van der Waals surface area contributed by atoms with Gasteiger partial charge >= 0.3 is 0 Å². The van der Waals surface area contributed by atoms with E-state index in [1.165, 1.54) is 93.1 Å². The molecule has 0 spiro atoms. The summed E-state index contributed by atoms with van der Waals surface area (Å²) in [5, 5.41) is 2.29. The topological polar surface area (TPSA) is 25.8 Å². The zero-order valence-electron chi connectivity index (χ0n) is 23.2. The van der Waals surface area contributed by atoms with E-state index in [1.54, 1.807) is 0 Å². The third-order valence-corrected chi connectivity index (χ3v) is 12.3. The summed E-state index contributed by atoms with van der Waals surface area (Å²) in [5.41, 5.74) is 2.20. The highest BCUT2D eigenvalue weighted by molar-refractivity contribution is 7.27. The average molecular weight is 581 g/mol. The molecule has 4 aromatic heterocycles. The first-order valence-corrected chi connectivity index (χ1v) is 17.8. The minimum atomic E-state index is 0.803. The van der Waals surface area contributed by atoms with Crippen molar-refractivity contribution >= 4 is 65.8 Å². The molecule has 0 N–H and O–H groups in total. The number of nitrogens with zero attached hydrogens (tertiary/aromatic N) is 2. The van der Waals surface area contributed by atoms with Crippen molar-refractivity contribution in [3.63, 3.8) is 0 Å². The molecule has 5 rings (SSSR count). The smallest absolute Gasteiger partial charge is 0.134 e. The molecule has 2 atom stereocenters. The van der Waals surface area contributed by atoms with E-state index in [4.69, 9.17) is 9.97 Å². The summed E-state index contributed by atoms with van der Waals surface area (Å²) in [5.74, 6) is 1.61. The molecule has 4 heterocycles. The quantitative estimate of drug-likeness (QED) is 0.130. The molecule has 0 saturated heterocycles. The maximum atomic E-state index is 5.06. The Bertz CT molecular complexity index is 1300. The van der Waals surface area contributed by atoms with Gasteiger partial charge in [0.25, 0.3) is 0 Å². The van der Waals surface area contributed by atoms with E-state index >= 15 is 0 Å². The molecule has 0 aliphatic carbocycles. The van der Waals surface area contributed by atoms with Crippen LogP contribution in [0.3, 0.4) is 0 Å². The van der Waals surface area contributed by atoms with E-state index in [1.807, 2.05) is 45.3 Å². The van der Waals surface area contributed by atoms with E-state index in [-0.39, 0.29) is 0 Å². The van der Waals surface area contributed by atoms with Crippen LogP contribution < -0.4 is 0 Å². The van der Waals surface area contributed by atoms with E-state index in [2.05, 4.69) is 64.1 Å². The number of thiophene rings is 2. The first-order chi connectivity index (χ1) is 18.6. The lowest BCUT2D eigenvalue weighted by atomic mass is 9.95. The Morgan fingerprint density at radius 2 is 1.05 bits per heavy atom. The molecule has 0 bridgehead atoms. The Morgan fingerprint density at radius 3 is 1.45 bits per heavy atom. The largest absolute Gasteiger partial charge is 0.235 e. The molecule has 0 amide bonds. The highest BCUT2D eigenvalue weighted by Gasteiger charge is 2.16. The molecule has 2 unspecified atom stereocenters. The van der Waals surface area contributed by atoms with Crippen molar-refractivity contribution in [3.05, 3.63) is 46.2 Å². The number of aromatic nitrogens is 2. The van der Waals surface area contributed by atoms with Gasteiger partial charge in [0, 0.05) is 9.75 Å². The number of thiazole rings is 2. The number of rotatable bonds is 14. The van der Waals surface area contributed by atoms with E-state index in [0.717, 1.165) is 32.9 Å². The Kier molecular flexibility index (Phi) is 9.69. The van der Waals surface area contributed by atoms with Gasteiger partial charge in [0.1, 0.15) is 10.0 Å². The van der Waals surface area contributed by atoms with Crippen molar-refractivity contribution in [2.24, 2.45) is 11.8 Å². The van der Waals surface area contributed by atoms with Gasteiger partial charge < -0.3 is 0 Å². The Labute approximate surface area is 244 Å². The second-order valence-corrected chi connectivity index (χ2v) is 15.0. The first-order valence-electron chi connectivity index (χ1n) is 14.5. The molecule has 0 aliphatic heterocycles. The normalized spacial score (nSPS) is 13.6. The number of unbranched alkanes of at least 4 members (excludes halogenated alkanes) is 2. The molecule has 0 aliphatic rings. The first kappa shape index (κ1) is 27.9. The molecule has 38 heavy (non-hydrogen) atoms. The summed E-state index contributed by atoms with van der Waals surface area (Å²) in [7, 11) is 0. The summed E-state index contributed by atoms with van der Waals surface area (Å²) in [6.45, 7) is 9.25. The summed E-state index contributed by atoms with van der Waals surface area (Å²) in [4.78, 5) is 15.7. The molecule has 1 aromatic carbocycles. The fourth-order valence-corrected chi connectivity index (χ4v) is 9.54. The lowest BCUT2D eigenvalue weighted by Crippen LogP contribution is -2.01. The van der Waals surface area contributed by atoms with Crippen LogP contribution in [-0.2, 0) is 12.8 Å². The van der Waals surface area contributed by atoms with E-state index in [0.29, 0.717) is 0 Å². The van der Waals surface area contributed by atoms with Gasteiger partial charge in [-0.05, 0) is 61.1 Å². The van der Waals surface area contributed by atoms with Gasteiger partial charge in [-0.3, -0.25) is 0 Å². The second-order valence-electron chi connectivity index (χ2n) is 10.6. The minimum absolute atomic E-state index is 0.803. The maximum absolute atomic E-state index is 5.06. The molecule has 2 nitrogen and oxygen atoms in total. The van der Waals surface area contributed by atoms with Crippen LogP contribution in [-0.4, -0.2) is 9.97 Å². The highest BCUT2D eigenvalue weighted by atomic mass is 32.1. The summed E-state index contributed by atoms with van der Waals surface area (Å²) < 4.78 is 2.48. The lowest BCUT2D eigenvalue weighted by Gasteiger charge is -2.12. The molecular weight excluding hydrogens is 541 g/mol. The number of fused-ring (bicyclic) bond motifs is 2. The minimum Gasteiger partial charge on any atom is -0.235 e. The summed E-state index contributed by atoms with van der Waals surface area (Å²) >= 11 is 7.48. The fourth-order valence-electron chi connectivity index (χ4n) is 5.22. The molecule has 5 aromatic rings. The van der Waals surface area contributed by atoms with E-state index in [9.17, 15) is 0 Å². The maximum Gasteiger partial charge on any atom is 0.134 e. The fraction of sp³-hybridized carbons (Fsp3) is 0.500.